The molecule has 0 aliphatic heterocycles. The normalized spacial score (nSPS) is 10.2. The summed E-state index contributed by atoms with van der Waals surface area (Å²) in [6, 6.07) is 6.91. The molecule has 0 aliphatic carbocycles. The highest BCUT2D eigenvalue weighted by molar-refractivity contribution is 5.83. The number of hydrogen-bond acceptors (Lipinski definition) is 3. The van der Waals surface area contributed by atoms with Crippen molar-refractivity contribution < 1.29 is 9.90 Å². The fourth-order valence-electron chi connectivity index (χ4n) is 1.47. The summed E-state index contributed by atoms with van der Waals surface area (Å²) in [7, 11) is 0. The van der Waals surface area contributed by atoms with E-state index in [4.69, 9.17) is 5.11 Å². The number of amides is 1. The minimum absolute atomic E-state index is 0.0621. The van der Waals surface area contributed by atoms with Crippen LogP contribution in [0.1, 0.15) is 5.69 Å². The molecule has 0 aliphatic rings. The SMILES string of the molecule is O=C(O)NCc1n[nH]c(=O)c2ccccc12. The minimum atomic E-state index is -1.13. The molecule has 0 radical (unpaired) electrons. The van der Waals surface area contributed by atoms with Crippen molar-refractivity contribution in [1.82, 2.24) is 15.5 Å². The van der Waals surface area contributed by atoms with Crippen molar-refractivity contribution in [3.8, 4) is 0 Å². The van der Waals surface area contributed by atoms with Crippen LogP contribution in [0.15, 0.2) is 29.1 Å². The zero-order valence-corrected chi connectivity index (χ0v) is 8.23. The smallest absolute Gasteiger partial charge is 0.404 e. The van der Waals surface area contributed by atoms with Crippen LogP contribution in [-0.4, -0.2) is 21.4 Å². The summed E-state index contributed by atoms with van der Waals surface area (Å²) in [5.74, 6) is 0. The van der Waals surface area contributed by atoms with Gasteiger partial charge in [0, 0.05) is 5.39 Å². The first-order valence-electron chi connectivity index (χ1n) is 4.61. The second kappa shape index (κ2) is 4.01. The summed E-state index contributed by atoms with van der Waals surface area (Å²) in [4.78, 5) is 21.8. The van der Waals surface area contributed by atoms with E-state index < -0.39 is 6.09 Å². The maximum atomic E-state index is 11.4. The number of carbonyl (C=O) groups is 1. The summed E-state index contributed by atoms with van der Waals surface area (Å²) >= 11 is 0. The molecule has 1 amide bonds. The first-order valence-corrected chi connectivity index (χ1v) is 4.61. The van der Waals surface area contributed by atoms with Gasteiger partial charge in [-0.05, 0) is 6.07 Å². The molecule has 3 N–H and O–H groups in total. The number of aromatic nitrogens is 2. The molecule has 0 saturated heterocycles. The molecule has 82 valence electrons. The van der Waals surface area contributed by atoms with Crippen LogP contribution >= 0.6 is 0 Å². The van der Waals surface area contributed by atoms with E-state index in [0.717, 1.165) is 0 Å². The number of H-pyrrole nitrogens is 1. The van der Waals surface area contributed by atoms with E-state index in [1.807, 2.05) is 0 Å². The van der Waals surface area contributed by atoms with Gasteiger partial charge in [-0.1, -0.05) is 18.2 Å². The first kappa shape index (κ1) is 10.2. The number of carboxylic acid groups (broad SMARTS) is 1. The van der Waals surface area contributed by atoms with Crippen molar-refractivity contribution in [2.45, 2.75) is 6.54 Å². The Kier molecular flexibility index (Phi) is 2.55. The third kappa shape index (κ3) is 1.85. The summed E-state index contributed by atoms with van der Waals surface area (Å²) in [5.41, 5.74) is 0.215. The van der Waals surface area contributed by atoms with E-state index in [0.29, 0.717) is 16.5 Å². The predicted octanol–water partition coefficient (Wildman–Crippen LogP) is 0.691. The molecule has 2 rings (SSSR count). The highest BCUT2D eigenvalue weighted by Gasteiger charge is 2.06. The Bertz CT molecular complexity index is 591. The Morgan fingerprint density at radius 3 is 2.75 bits per heavy atom. The van der Waals surface area contributed by atoms with Gasteiger partial charge in [-0.3, -0.25) is 4.79 Å². The van der Waals surface area contributed by atoms with Crippen molar-refractivity contribution in [3.05, 3.63) is 40.3 Å². The lowest BCUT2D eigenvalue weighted by Gasteiger charge is -2.03. The monoisotopic (exact) mass is 219 g/mol. The second-order valence-corrected chi connectivity index (χ2v) is 3.20. The molecule has 0 atom stereocenters. The average molecular weight is 219 g/mol. The first-order chi connectivity index (χ1) is 7.68. The van der Waals surface area contributed by atoms with Gasteiger partial charge in [-0.2, -0.15) is 5.10 Å². The van der Waals surface area contributed by atoms with Crippen LogP contribution in [0.2, 0.25) is 0 Å². The number of hydrogen-bond donors (Lipinski definition) is 3. The Morgan fingerprint density at radius 2 is 2.06 bits per heavy atom. The van der Waals surface area contributed by atoms with Gasteiger partial charge in [-0.15, -0.1) is 0 Å². The molecular weight excluding hydrogens is 210 g/mol. The number of nitrogens with zero attached hydrogens (tertiary/aromatic N) is 1. The Labute approximate surface area is 89.9 Å². The number of rotatable bonds is 2. The molecule has 1 aromatic heterocycles. The van der Waals surface area contributed by atoms with Crippen LogP contribution in [-0.2, 0) is 6.54 Å². The predicted molar refractivity (Wildman–Crippen MR) is 57.2 cm³/mol. The van der Waals surface area contributed by atoms with Gasteiger partial charge in [0.1, 0.15) is 0 Å². The van der Waals surface area contributed by atoms with Crippen molar-refractivity contribution in [2.24, 2.45) is 0 Å². The molecule has 1 aromatic carbocycles. The standard InChI is InChI=1S/C10H9N3O3/c14-9-7-4-2-1-3-6(7)8(12-13-9)5-11-10(15)16/h1-4,11H,5H2,(H,13,14)(H,15,16). The van der Waals surface area contributed by atoms with Gasteiger partial charge >= 0.3 is 6.09 Å². The van der Waals surface area contributed by atoms with Gasteiger partial charge in [0.05, 0.1) is 17.6 Å². The van der Waals surface area contributed by atoms with Gasteiger partial charge in [-0.25, -0.2) is 9.89 Å². The van der Waals surface area contributed by atoms with Gasteiger partial charge < -0.3 is 10.4 Å². The lowest BCUT2D eigenvalue weighted by molar-refractivity contribution is 0.194. The molecule has 1 heterocycles. The maximum Gasteiger partial charge on any atom is 0.404 e. The Balaban J connectivity index is 2.50. The number of nitrogens with one attached hydrogen (secondary N) is 2. The molecule has 6 nitrogen and oxygen atoms in total. The summed E-state index contributed by atoms with van der Waals surface area (Å²) in [6.45, 7) is 0.0621. The van der Waals surface area contributed by atoms with E-state index in [-0.39, 0.29) is 12.1 Å². The molecule has 16 heavy (non-hydrogen) atoms. The van der Waals surface area contributed by atoms with Crippen LogP contribution in [0.3, 0.4) is 0 Å². The zero-order valence-electron chi connectivity index (χ0n) is 8.23. The number of aromatic amines is 1. The van der Waals surface area contributed by atoms with E-state index >= 15 is 0 Å². The third-order valence-corrected chi connectivity index (χ3v) is 2.18. The van der Waals surface area contributed by atoms with Crippen LogP contribution in [0.5, 0.6) is 0 Å². The fourth-order valence-corrected chi connectivity index (χ4v) is 1.47. The van der Waals surface area contributed by atoms with Crippen molar-refractivity contribution >= 4 is 16.9 Å². The number of fused-ring (bicyclic) bond motifs is 1. The fraction of sp³-hybridized carbons (Fsp3) is 0.100. The van der Waals surface area contributed by atoms with Gasteiger partial charge in [0.15, 0.2) is 0 Å². The van der Waals surface area contributed by atoms with Gasteiger partial charge in [0.25, 0.3) is 5.56 Å². The highest BCUT2D eigenvalue weighted by atomic mass is 16.4. The molecule has 2 aromatic rings. The summed E-state index contributed by atoms with van der Waals surface area (Å²) < 4.78 is 0. The molecule has 6 heteroatoms. The molecule has 0 unspecified atom stereocenters. The van der Waals surface area contributed by atoms with E-state index in [2.05, 4.69) is 15.5 Å². The third-order valence-electron chi connectivity index (χ3n) is 2.18. The van der Waals surface area contributed by atoms with Crippen molar-refractivity contribution in [3.63, 3.8) is 0 Å². The lowest BCUT2D eigenvalue weighted by atomic mass is 10.1. The largest absolute Gasteiger partial charge is 0.465 e. The van der Waals surface area contributed by atoms with E-state index in [1.54, 1.807) is 24.3 Å². The Morgan fingerprint density at radius 1 is 1.38 bits per heavy atom. The van der Waals surface area contributed by atoms with Crippen LogP contribution in [0.25, 0.3) is 10.8 Å². The summed E-state index contributed by atoms with van der Waals surface area (Å²) in [5, 5.41) is 18.0. The molecule has 0 spiro atoms. The molecule has 0 bridgehead atoms. The molecule has 0 saturated carbocycles. The second-order valence-electron chi connectivity index (χ2n) is 3.20. The van der Waals surface area contributed by atoms with Crippen molar-refractivity contribution in [2.75, 3.05) is 0 Å². The van der Waals surface area contributed by atoms with Crippen LogP contribution in [0.4, 0.5) is 4.79 Å². The Hall–Kier alpha value is -2.37. The molecular formula is C10H9N3O3. The quantitative estimate of drug-likeness (QED) is 0.692. The van der Waals surface area contributed by atoms with E-state index in [1.165, 1.54) is 0 Å². The topological polar surface area (TPSA) is 95.1 Å². The van der Waals surface area contributed by atoms with Crippen LogP contribution < -0.4 is 10.9 Å². The lowest BCUT2D eigenvalue weighted by Crippen LogP contribution is -2.22. The average Bonchev–Trinajstić information content (AvgIpc) is 2.28. The van der Waals surface area contributed by atoms with E-state index in [9.17, 15) is 9.59 Å². The zero-order chi connectivity index (χ0) is 11.5. The number of benzene rings is 1. The minimum Gasteiger partial charge on any atom is -0.465 e. The van der Waals surface area contributed by atoms with Crippen LogP contribution in [0, 0.1) is 0 Å². The van der Waals surface area contributed by atoms with Gasteiger partial charge in [0.2, 0.25) is 0 Å². The highest BCUT2D eigenvalue weighted by Crippen LogP contribution is 2.11. The molecule has 0 fully saturated rings. The van der Waals surface area contributed by atoms with Crippen molar-refractivity contribution in [1.29, 1.82) is 0 Å². The maximum absolute atomic E-state index is 11.4. The summed E-state index contributed by atoms with van der Waals surface area (Å²) in [6.07, 6.45) is -1.13.